The van der Waals surface area contributed by atoms with E-state index in [2.05, 4.69) is 4.98 Å². The molecule has 3 rings (SSSR count). The molecule has 0 N–H and O–H groups in total. The predicted molar refractivity (Wildman–Crippen MR) is 93.7 cm³/mol. The zero-order valence-electron chi connectivity index (χ0n) is 15.1. The molecular weight excluding hydrogens is 374 g/mol. The van der Waals surface area contributed by atoms with Crippen molar-refractivity contribution in [3.63, 3.8) is 0 Å². The van der Waals surface area contributed by atoms with Gasteiger partial charge in [0.1, 0.15) is 4.90 Å². The van der Waals surface area contributed by atoms with E-state index in [1.165, 1.54) is 22.8 Å². The fourth-order valence-electron chi connectivity index (χ4n) is 3.06. The van der Waals surface area contributed by atoms with Crippen molar-refractivity contribution in [2.75, 3.05) is 32.8 Å². The van der Waals surface area contributed by atoms with Crippen LogP contribution >= 0.6 is 0 Å². The fraction of sp³-hybridized carbons (Fsp3) is 0.500. The lowest BCUT2D eigenvalue weighted by molar-refractivity contribution is -0.144. The Bertz CT molecular complexity index is 849. The van der Waals surface area contributed by atoms with Gasteiger partial charge in [-0.15, -0.1) is 0 Å². The van der Waals surface area contributed by atoms with E-state index >= 15 is 0 Å². The molecule has 2 fully saturated rings. The van der Waals surface area contributed by atoms with E-state index in [-0.39, 0.29) is 24.7 Å². The van der Waals surface area contributed by atoms with E-state index in [0.717, 1.165) is 9.80 Å². The van der Waals surface area contributed by atoms with Gasteiger partial charge in [-0.3, -0.25) is 24.4 Å². The third kappa shape index (κ3) is 3.57. The molecule has 1 aromatic rings. The third-order valence-electron chi connectivity index (χ3n) is 4.55. The summed E-state index contributed by atoms with van der Waals surface area (Å²) in [5, 5.41) is 0. The quantitative estimate of drug-likeness (QED) is 0.490. The van der Waals surface area contributed by atoms with Gasteiger partial charge < -0.3 is 0 Å². The summed E-state index contributed by atoms with van der Waals surface area (Å²) in [6.07, 6.45) is 2.80. The summed E-state index contributed by atoms with van der Waals surface area (Å²) in [6.45, 7) is 4.40. The minimum Gasteiger partial charge on any atom is -0.283 e. The number of carbonyl (C=O) groups excluding carboxylic acids is 3. The molecule has 0 unspecified atom stereocenters. The smallest absolute Gasteiger partial charge is 0.283 e. The summed E-state index contributed by atoms with van der Waals surface area (Å²) >= 11 is 0. The van der Waals surface area contributed by atoms with Gasteiger partial charge in [0, 0.05) is 44.6 Å². The highest BCUT2D eigenvalue weighted by molar-refractivity contribution is 7.89. The van der Waals surface area contributed by atoms with Crippen LogP contribution in [0.3, 0.4) is 0 Å². The number of pyridine rings is 1. The van der Waals surface area contributed by atoms with E-state index in [1.54, 1.807) is 24.8 Å². The molecule has 27 heavy (non-hydrogen) atoms. The predicted octanol–water partition coefficient (Wildman–Crippen LogP) is -0.455. The number of piperazine rings is 1. The second kappa shape index (κ2) is 7.33. The molecule has 11 heteroatoms. The molecule has 4 amide bonds. The SMILES string of the molecule is CC(C)N1C(=O)C(=O)N(CN2CCN(S(=O)(=O)c3cccnc3)CC2)C1=O. The molecule has 2 aliphatic heterocycles. The maximum absolute atomic E-state index is 12.6. The monoisotopic (exact) mass is 395 g/mol. The van der Waals surface area contributed by atoms with Crippen molar-refractivity contribution >= 4 is 27.9 Å². The zero-order chi connectivity index (χ0) is 19.8. The van der Waals surface area contributed by atoms with Crippen molar-refractivity contribution < 1.29 is 22.8 Å². The summed E-state index contributed by atoms with van der Waals surface area (Å²) in [4.78, 5) is 44.0. The second-order valence-corrected chi connectivity index (χ2v) is 8.57. The number of nitrogens with zero attached hydrogens (tertiary/aromatic N) is 5. The van der Waals surface area contributed by atoms with Crippen LogP contribution in [0.5, 0.6) is 0 Å². The normalized spacial score (nSPS) is 20.2. The van der Waals surface area contributed by atoms with Crippen molar-refractivity contribution in [1.82, 2.24) is 24.0 Å². The maximum atomic E-state index is 12.6. The molecule has 146 valence electrons. The first-order valence-electron chi connectivity index (χ1n) is 8.55. The number of hydrogen-bond donors (Lipinski definition) is 0. The standard InChI is InChI=1S/C16H21N5O5S/c1-12(2)21-15(23)14(22)20(16(21)24)11-18-6-8-19(9-7-18)27(25,26)13-4-3-5-17-10-13/h3-5,10,12H,6-9,11H2,1-2H3. The van der Waals surface area contributed by atoms with Crippen molar-refractivity contribution in [2.45, 2.75) is 24.8 Å². The highest BCUT2D eigenvalue weighted by Crippen LogP contribution is 2.19. The minimum absolute atomic E-state index is 0.0343. The average Bonchev–Trinajstić information content (AvgIpc) is 2.86. The van der Waals surface area contributed by atoms with E-state index < -0.39 is 33.9 Å². The highest BCUT2D eigenvalue weighted by atomic mass is 32.2. The molecule has 0 atom stereocenters. The number of sulfonamides is 1. The van der Waals surface area contributed by atoms with Crippen molar-refractivity contribution in [3.8, 4) is 0 Å². The lowest BCUT2D eigenvalue weighted by Gasteiger charge is -2.35. The van der Waals surface area contributed by atoms with E-state index in [4.69, 9.17) is 0 Å². The Morgan fingerprint density at radius 2 is 1.74 bits per heavy atom. The summed E-state index contributed by atoms with van der Waals surface area (Å²) < 4.78 is 26.5. The zero-order valence-corrected chi connectivity index (χ0v) is 15.9. The Kier molecular flexibility index (Phi) is 5.27. The number of imide groups is 2. The Morgan fingerprint density at radius 3 is 2.26 bits per heavy atom. The summed E-state index contributed by atoms with van der Waals surface area (Å²) in [6, 6.07) is 2.01. The van der Waals surface area contributed by atoms with Crippen LogP contribution in [0.1, 0.15) is 13.8 Å². The van der Waals surface area contributed by atoms with Crippen LogP contribution in [0.25, 0.3) is 0 Å². The summed E-state index contributed by atoms with van der Waals surface area (Å²) in [5.41, 5.74) is 0. The number of carbonyl (C=O) groups is 3. The van der Waals surface area contributed by atoms with Gasteiger partial charge in [-0.25, -0.2) is 18.1 Å². The Hall–Kier alpha value is -2.37. The number of urea groups is 1. The fourth-order valence-corrected chi connectivity index (χ4v) is 4.45. The lowest BCUT2D eigenvalue weighted by Crippen LogP contribution is -2.52. The molecule has 0 bridgehead atoms. The van der Waals surface area contributed by atoms with Gasteiger partial charge in [0.05, 0.1) is 6.67 Å². The number of hydrogen-bond acceptors (Lipinski definition) is 7. The summed E-state index contributed by atoms with van der Waals surface area (Å²) in [7, 11) is -3.63. The number of amides is 4. The maximum Gasteiger partial charge on any atom is 0.335 e. The van der Waals surface area contributed by atoms with Crippen LogP contribution in [0.4, 0.5) is 4.79 Å². The van der Waals surface area contributed by atoms with Crippen molar-refractivity contribution in [3.05, 3.63) is 24.5 Å². The van der Waals surface area contributed by atoms with E-state index in [1.807, 2.05) is 0 Å². The molecule has 0 saturated carbocycles. The number of aromatic nitrogens is 1. The van der Waals surface area contributed by atoms with Gasteiger partial charge in [-0.1, -0.05) is 0 Å². The minimum atomic E-state index is -3.63. The van der Waals surface area contributed by atoms with Crippen LogP contribution in [-0.2, 0) is 19.6 Å². The molecule has 0 aromatic carbocycles. The Balaban J connectivity index is 1.63. The lowest BCUT2D eigenvalue weighted by atomic mass is 10.3. The van der Waals surface area contributed by atoms with Crippen LogP contribution in [0, 0.1) is 0 Å². The Labute approximate surface area is 157 Å². The van der Waals surface area contributed by atoms with Crippen LogP contribution in [0.15, 0.2) is 29.4 Å². The molecule has 2 aliphatic rings. The number of rotatable bonds is 5. The van der Waals surface area contributed by atoms with Crippen LogP contribution in [0.2, 0.25) is 0 Å². The van der Waals surface area contributed by atoms with Gasteiger partial charge in [0.25, 0.3) is 0 Å². The van der Waals surface area contributed by atoms with Crippen molar-refractivity contribution in [1.29, 1.82) is 0 Å². The van der Waals surface area contributed by atoms with Crippen molar-refractivity contribution in [2.24, 2.45) is 0 Å². The van der Waals surface area contributed by atoms with E-state index in [9.17, 15) is 22.8 Å². The Morgan fingerprint density at radius 1 is 1.07 bits per heavy atom. The van der Waals surface area contributed by atoms with Crippen LogP contribution < -0.4 is 0 Å². The molecule has 0 aliphatic carbocycles. The largest absolute Gasteiger partial charge is 0.335 e. The van der Waals surface area contributed by atoms with Gasteiger partial charge in [-0.05, 0) is 26.0 Å². The molecule has 1 aromatic heterocycles. The molecule has 3 heterocycles. The molecule has 0 radical (unpaired) electrons. The van der Waals surface area contributed by atoms with Gasteiger partial charge in [0.2, 0.25) is 10.0 Å². The summed E-state index contributed by atoms with van der Waals surface area (Å²) in [5.74, 6) is -1.67. The second-order valence-electron chi connectivity index (χ2n) is 6.64. The van der Waals surface area contributed by atoms with Gasteiger partial charge in [-0.2, -0.15) is 4.31 Å². The topological polar surface area (TPSA) is 111 Å². The van der Waals surface area contributed by atoms with Crippen LogP contribution in [-0.4, -0.2) is 89.1 Å². The van der Waals surface area contributed by atoms with E-state index in [0.29, 0.717) is 13.1 Å². The van der Waals surface area contributed by atoms with Gasteiger partial charge in [0.15, 0.2) is 0 Å². The first kappa shape index (κ1) is 19.4. The third-order valence-corrected chi connectivity index (χ3v) is 6.43. The van der Waals surface area contributed by atoms with Gasteiger partial charge >= 0.3 is 17.8 Å². The first-order valence-corrected chi connectivity index (χ1v) is 9.99. The first-order chi connectivity index (χ1) is 12.7. The molecule has 0 spiro atoms. The highest BCUT2D eigenvalue weighted by Gasteiger charge is 2.46. The molecule has 2 saturated heterocycles. The average molecular weight is 395 g/mol. The molecular formula is C16H21N5O5S. The molecule has 10 nitrogen and oxygen atoms in total.